The second-order valence-electron chi connectivity index (χ2n) is 9.66. The van der Waals surface area contributed by atoms with Crippen molar-refractivity contribution in [2.45, 2.75) is 34.1 Å². The van der Waals surface area contributed by atoms with Crippen molar-refractivity contribution in [1.29, 1.82) is 0 Å². The molecule has 0 unspecified atom stereocenters. The Balaban J connectivity index is 1.90. The Labute approximate surface area is 228 Å². The lowest BCUT2D eigenvalue weighted by Gasteiger charge is -2.12. The number of methoxy groups -OCH3 is 2. The van der Waals surface area contributed by atoms with Crippen LogP contribution in [0.3, 0.4) is 0 Å². The number of aryl methyl sites for hydroxylation is 1. The molecule has 0 atom stereocenters. The van der Waals surface area contributed by atoms with E-state index in [1.165, 1.54) is 6.92 Å². The molecule has 3 aromatic carbocycles. The largest absolute Gasteiger partial charge is 0.493 e. The highest BCUT2D eigenvalue weighted by atomic mass is 16.5. The molecule has 202 valence electrons. The number of nitrogens with one attached hydrogen (secondary N) is 1. The molecule has 8 nitrogen and oxygen atoms in total. The predicted molar refractivity (Wildman–Crippen MR) is 152 cm³/mol. The monoisotopic (exact) mass is 527 g/mol. The van der Waals surface area contributed by atoms with Crippen LogP contribution in [-0.4, -0.2) is 35.9 Å². The van der Waals surface area contributed by atoms with Crippen LogP contribution in [0.2, 0.25) is 0 Å². The van der Waals surface area contributed by atoms with Crippen LogP contribution in [-0.2, 0) is 9.59 Å². The standard InChI is InChI=1S/C31H33N3O5/c1-19(2)17-28(36)32-24-12-9-22(10-13-24)29-30(23-11-16-26(37-5)27(18-23)38-6)33-34(31(29)39-21(4)35)25-14-7-20(3)8-15-25/h7-16,18-19H,17H2,1-6H3,(H,32,36). The first kappa shape index (κ1) is 27.4. The Morgan fingerprint density at radius 3 is 2.13 bits per heavy atom. The number of rotatable bonds is 9. The number of aromatic nitrogens is 2. The summed E-state index contributed by atoms with van der Waals surface area (Å²) in [6.45, 7) is 7.36. The number of hydrogen-bond donors (Lipinski definition) is 1. The van der Waals surface area contributed by atoms with Crippen LogP contribution in [0, 0.1) is 12.8 Å². The van der Waals surface area contributed by atoms with Gasteiger partial charge in [0, 0.05) is 24.6 Å². The van der Waals surface area contributed by atoms with Crippen LogP contribution in [0.5, 0.6) is 17.4 Å². The first-order valence-electron chi connectivity index (χ1n) is 12.7. The van der Waals surface area contributed by atoms with Crippen molar-refractivity contribution >= 4 is 17.6 Å². The van der Waals surface area contributed by atoms with Crippen LogP contribution in [0.25, 0.3) is 28.1 Å². The molecule has 0 spiro atoms. The fraction of sp³-hybridized carbons (Fsp3) is 0.258. The van der Waals surface area contributed by atoms with Crippen molar-refractivity contribution in [2.75, 3.05) is 19.5 Å². The van der Waals surface area contributed by atoms with Crippen molar-refractivity contribution in [2.24, 2.45) is 5.92 Å². The molecule has 39 heavy (non-hydrogen) atoms. The smallest absolute Gasteiger partial charge is 0.309 e. The van der Waals surface area contributed by atoms with Crippen molar-refractivity contribution in [3.05, 3.63) is 72.3 Å². The number of nitrogens with zero attached hydrogens (tertiary/aromatic N) is 2. The number of benzene rings is 3. The maximum atomic E-state index is 12.3. The number of esters is 1. The Morgan fingerprint density at radius 2 is 1.54 bits per heavy atom. The fourth-order valence-corrected chi connectivity index (χ4v) is 4.24. The molecule has 0 aliphatic carbocycles. The molecule has 0 saturated heterocycles. The molecule has 1 N–H and O–H groups in total. The average molecular weight is 528 g/mol. The highest BCUT2D eigenvalue weighted by Gasteiger charge is 2.25. The van der Waals surface area contributed by atoms with Crippen LogP contribution >= 0.6 is 0 Å². The third-order valence-corrected chi connectivity index (χ3v) is 6.07. The second-order valence-corrected chi connectivity index (χ2v) is 9.66. The van der Waals surface area contributed by atoms with E-state index >= 15 is 0 Å². The molecule has 0 saturated carbocycles. The average Bonchev–Trinajstić information content (AvgIpc) is 3.27. The SMILES string of the molecule is COc1ccc(-c2nn(-c3ccc(C)cc3)c(OC(C)=O)c2-c2ccc(NC(=O)CC(C)C)cc2)cc1OC. The van der Waals surface area contributed by atoms with E-state index < -0.39 is 5.97 Å². The molecule has 0 radical (unpaired) electrons. The van der Waals surface area contributed by atoms with Gasteiger partial charge in [0.15, 0.2) is 11.5 Å². The van der Waals surface area contributed by atoms with Gasteiger partial charge in [0.05, 0.1) is 25.5 Å². The zero-order chi connectivity index (χ0) is 28.1. The van der Waals surface area contributed by atoms with Gasteiger partial charge in [0.25, 0.3) is 0 Å². The highest BCUT2D eigenvalue weighted by Crippen LogP contribution is 2.43. The molecule has 4 rings (SSSR count). The Bertz CT molecular complexity index is 1470. The van der Waals surface area contributed by atoms with Crippen LogP contribution in [0.15, 0.2) is 66.7 Å². The molecule has 1 amide bonds. The molecule has 0 fully saturated rings. The van der Waals surface area contributed by atoms with Gasteiger partial charge in [-0.2, -0.15) is 9.78 Å². The summed E-state index contributed by atoms with van der Waals surface area (Å²) in [5.74, 6) is 1.16. The molecule has 1 heterocycles. The van der Waals surface area contributed by atoms with Gasteiger partial charge in [-0.3, -0.25) is 9.59 Å². The van der Waals surface area contributed by atoms with Gasteiger partial charge in [-0.05, 0) is 60.9 Å². The Kier molecular flexibility index (Phi) is 8.34. The lowest BCUT2D eigenvalue weighted by molar-refractivity contribution is -0.132. The normalized spacial score (nSPS) is 10.8. The molecule has 1 aromatic heterocycles. The number of carbonyl (C=O) groups is 2. The van der Waals surface area contributed by atoms with Gasteiger partial charge in [-0.15, -0.1) is 0 Å². The predicted octanol–water partition coefficient (Wildman–Crippen LogP) is 6.44. The lowest BCUT2D eigenvalue weighted by Crippen LogP contribution is -2.13. The van der Waals surface area contributed by atoms with Crippen molar-refractivity contribution in [3.8, 4) is 45.5 Å². The summed E-state index contributed by atoms with van der Waals surface area (Å²) in [5, 5.41) is 7.85. The third kappa shape index (κ3) is 6.29. The summed E-state index contributed by atoms with van der Waals surface area (Å²) in [4.78, 5) is 24.6. The van der Waals surface area contributed by atoms with Gasteiger partial charge in [0.2, 0.25) is 11.8 Å². The topological polar surface area (TPSA) is 91.7 Å². The number of amides is 1. The van der Waals surface area contributed by atoms with Gasteiger partial charge in [-0.25, -0.2) is 0 Å². The second kappa shape index (κ2) is 11.9. The quantitative estimate of drug-likeness (QED) is 0.252. The molecule has 8 heteroatoms. The van der Waals surface area contributed by atoms with E-state index in [1.807, 2.05) is 87.5 Å². The van der Waals surface area contributed by atoms with Gasteiger partial charge in [0.1, 0.15) is 5.69 Å². The van der Waals surface area contributed by atoms with Gasteiger partial charge in [-0.1, -0.05) is 43.7 Å². The van der Waals surface area contributed by atoms with Crippen LogP contribution < -0.4 is 19.5 Å². The minimum Gasteiger partial charge on any atom is -0.493 e. The van der Waals surface area contributed by atoms with E-state index in [2.05, 4.69) is 5.32 Å². The van der Waals surface area contributed by atoms with Crippen molar-refractivity contribution in [3.63, 3.8) is 0 Å². The number of hydrogen-bond acceptors (Lipinski definition) is 6. The summed E-state index contributed by atoms with van der Waals surface area (Å²) in [5.41, 5.74) is 5.23. The molecule has 0 bridgehead atoms. The lowest BCUT2D eigenvalue weighted by atomic mass is 10.0. The van der Waals surface area contributed by atoms with E-state index in [9.17, 15) is 9.59 Å². The first-order valence-corrected chi connectivity index (χ1v) is 12.7. The molecule has 4 aromatic rings. The van der Waals surface area contributed by atoms with E-state index in [1.54, 1.807) is 18.9 Å². The summed E-state index contributed by atoms with van der Waals surface area (Å²) in [7, 11) is 3.15. The first-order chi connectivity index (χ1) is 18.7. The Morgan fingerprint density at radius 1 is 0.897 bits per heavy atom. The maximum Gasteiger partial charge on any atom is 0.309 e. The zero-order valence-corrected chi connectivity index (χ0v) is 23.1. The molecular weight excluding hydrogens is 494 g/mol. The Hall–Kier alpha value is -4.59. The minimum atomic E-state index is -0.471. The number of anilines is 1. The van der Waals surface area contributed by atoms with Gasteiger partial charge >= 0.3 is 5.97 Å². The van der Waals surface area contributed by atoms with Gasteiger partial charge < -0.3 is 19.5 Å². The highest BCUT2D eigenvalue weighted by molar-refractivity contribution is 5.92. The van der Waals surface area contributed by atoms with Crippen molar-refractivity contribution < 1.29 is 23.8 Å². The minimum absolute atomic E-state index is 0.0449. The fourth-order valence-electron chi connectivity index (χ4n) is 4.24. The van der Waals surface area contributed by atoms with E-state index in [0.29, 0.717) is 34.9 Å². The van der Waals surface area contributed by atoms with E-state index in [0.717, 1.165) is 22.4 Å². The van der Waals surface area contributed by atoms with E-state index in [-0.39, 0.29) is 17.7 Å². The van der Waals surface area contributed by atoms with E-state index in [4.69, 9.17) is 19.3 Å². The molecular formula is C31H33N3O5. The van der Waals surface area contributed by atoms with Crippen molar-refractivity contribution in [1.82, 2.24) is 9.78 Å². The number of carbonyl (C=O) groups excluding carboxylic acids is 2. The summed E-state index contributed by atoms with van der Waals surface area (Å²) >= 11 is 0. The third-order valence-electron chi connectivity index (χ3n) is 6.07. The molecule has 0 aliphatic rings. The number of ether oxygens (including phenoxy) is 3. The molecule has 0 aliphatic heterocycles. The summed E-state index contributed by atoms with van der Waals surface area (Å²) < 4.78 is 18.4. The summed E-state index contributed by atoms with van der Waals surface area (Å²) in [6.07, 6.45) is 0.436. The maximum absolute atomic E-state index is 12.3. The zero-order valence-electron chi connectivity index (χ0n) is 23.1. The summed E-state index contributed by atoms with van der Waals surface area (Å²) in [6, 6.07) is 20.7. The van der Waals surface area contributed by atoms with Crippen LogP contribution in [0.1, 0.15) is 32.8 Å². The van der Waals surface area contributed by atoms with Crippen LogP contribution in [0.4, 0.5) is 5.69 Å².